The predicted molar refractivity (Wildman–Crippen MR) is 129 cm³/mol. The standard InChI is InChI=1S/C27H26FN3O4/c28-20-10-12-21(13-11-20)29-26(32)25(19-6-2-1-3-7-19)30-14-16-31(17-15-30)27(33)24-18-34-22-8-4-5-9-23(22)35-24/h1-13,24-25H,14-18H2,(H,29,32)/t24-,25-/m0/s1. The Morgan fingerprint density at radius 2 is 1.51 bits per heavy atom. The molecule has 5 rings (SSSR count). The molecule has 0 radical (unpaired) electrons. The molecule has 7 nitrogen and oxygen atoms in total. The number of carbonyl (C=O) groups excluding carboxylic acids is 2. The van der Waals surface area contributed by atoms with Crippen molar-refractivity contribution in [1.82, 2.24) is 9.80 Å². The van der Waals surface area contributed by atoms with Gasteiger partial charge in [-0.05, 0) is 42.0 Å². The van der Waals surface area contributed by atoms with E-state index in [-0.39, 0.29) is 24.2 Å². The molecule has 3 aromatic rings. The van der Waals surface area contributed by atoms with Crippen LogP contribution >= 0.6 is 0 Å². The molecule has 0 aliphatic carbocycles. The topological polar surface area (TPSA) is 71.1 Å². The molecule has 1 fully saturated rings. The third kappa shape index (κ3) is 5.12. The summed E-state index contributed by atoms with van der Waals surface area (Å²) in [6.45, 7) is 2.14. The summed E-state index contributed by atoms with van der Waals surface area (Å²) in [6.07, 6.45) is -0.692. The fraction of sp³-hybridized carbons (Fsp3) is 0.259. The predicted octanol–water partition coefficient (Wildman–Crippen LogP) is 3.49. The molecule has 0 unspecified atom stereocenters. The van der Waals surface area contributed by atoms with Crippen molar-refractivity contribution in [3.05, 3.63) is 90.2 Å². The molecule has 2 aliphatic rings. The van der Waals surface area contributed by atoms with Gasteiger partial charge in [0.2, 0.25) is 12.0 Å². The average molecular weight is 476 g/mol. The Kier molecular flexibility index (Phi) is 6.63. The Hall–Kier alpha value is -3.91. The second-order valence-electron chi connectivity index (χ2n) is 8.53. The van der Waals surface area contributed by atoms with E-state index in [0.717, 1.165) is 5.56 Å². The zero-order valence-corrected chi connectivity index (χ0v) is 19.1. The van der Waals surface area contributed by atoms with Crippen molar-refractivity contribution in [3.8, 4) is 11.5 Å². The summed E-state index contributed by atoms with van der Waals surface area (Å²) in [6, 6.07) is 22.0. The first-order valence-corrected chi connectivity index (χ1v) is 11.6. The lowest BCUT2D eigenvalue weighted by Crippen LogP contribution is -2.55. The molecule has 1 saturated heterocycles. The highest BCUT2D eigenvalue weighted by atomic mass is 19.1. The third-order valence-electron chi connectivity index (χ3n) is 6.25. The third-order valence-corrected chi connectivity index (χ3v) is 6.25. The number of benzene rings is 3. The summed E-state index contributed by atoms with van der Waals surface area (Å²) in [7, 11) is 0. The molecule has 0 aromatic heterocycles. The number of rotatable bonds is 5. The second kappa shape index (κ2) is 10.1. The lowest BCUT2D eigenvalue weighted by molar-refractivity contribution is -0.143. The molecule has 2 amide bonds. The number of nitrogens with zero attached hydrogens (tertiary/aromatic N) is 2. The monoisotopic (exact) mass is 475 g/mol. The van der Waals surface area contributed by atoms with Crippen LogP contribution in [0.15, 0.2) is 78.9 Å². The first kappa shape index (κ1) is 22.9. The number of amides is 2. The van der Waals surface area contributed by atoms with Crippen molar-refractivity contribution in [2.75, 3.05) is 38.1 Å². The first-order valence-electron chi connectivity index (χ1n) is 11.6. The van der Waals surface area contributed by atoms with Crippen LogP contribution in [-0.2, 0) is 9.59 Å². The molecule has 1 N–H and O–H groups in total. The number of carbonyl (C=O) groups is 2. The van der Waals surface area contributed by atoms with Crippen LogP contribution in [-0.4, -0.2) is 60.5 Å². The first-order chi connectivity index (χ1) is 17.1. The summed E-state index contributed by atoms with van der Waals surface area (Å²) >= 11 is 0. The van der Waals surface area contributed by atoms with Gasteiger partial charge in [-0.3, -0.25) is 14.5 Å². The normalized spacial score (nSPS) is 18.5. The van der Waals surface area contributed by atoms with Gasteiger partial charge in [-0.25, -0.2) is 4.39 Å². The summed E-state index contributed by atoms with van der Waals surface area (Å²) in [5.41, 5.74) is 1.38. The SMILES string of the molecule is O=C(Nc1ccc(F)cc1)[C@H](c1ccccc1)N1CCN(C(=O)[C@@H]2COc3ccccc3O2)CC1. The van der Waals surface area contributed by atoms with Crippen LogP contribution in [0.25, 0.3) is 0 Å². The largest absolute Gasteiger partial charge is 0.485 e. The molecule has 0 bridgehead atoms. The average Bonchev–Trinajstić information content (AvgIpc) is 2.90. The maximum atomic E-state index is 13.3. The van der Waals surface area contributed by atoms with Gasteiger partial charge in [-0.15, -0.1) is 0 Å². The fourth-order valence-electron chi connectivity index (χ4n) is 4.45. The van der Waals surface area contributed by atoms with Crippen LogP contribution in [0.2, 0.25) is 0 Å². The summed E-state index contributed by atoms with van der Waals surface area (Å²) in [5.74, 6) is 0.519. The molecular weight excluding hydrogens is 449 g/mol. The van der Waals surface area contributed by atoms with E-state index >= 15 is 0 Å². The van der Waals surface area contributed by atoms with E-state index in [1.54, 1.807) is 11.0 Å². The quantitative estimate of drug-likeness (QED) is 0.612. The highest BCUT2D eigenvalue weighted by Crippen LogP contribution is 2.31. The summed E-state index contributed by atoms with van der Waals surface area (Å²) < 4.78 is 24.9. The highest BCUT2D eigenvalue weighted by Gasteiger charge is 2.35. The van der Waals surface area contributed by atoms with Gasteiger partial charge in [0, 0.05) is 31.9 Å². The molecular formula is C27H26FN3O4. The molecule has 3 aromatic carbocycles. The van der Waals surface area contributed by atoms with Crippen molar-refractivity contribution in [1.29, 1.82) is 0 Å². The number of hydrogen-bond acceptors (Lipinski definition) is 5. The van der Waals surface area contributed by atoms with Gasteiger partial charge in [0.25, 0.3) is 5.91 Å². The molecule has 35 heavy (non-hydrogen) atoms. The van der Waals surface area contributed by atoms with Crippen LogP contribution < -0.4 is 14.8 Å². The molecule has 8 heteroatoms. The van der Waals surface area contributed by atoms with Crippen molar-refractivity contribution < 1.29 is 23.5 Å². The maximum absolute atomic E-state index is 13.3. The smallest absolute Gasteiger partial charge is 0.267 e. The number of ether oxygens (including phenoxy) is 2. The summed E-state index contributed by atoms with van der Waals surface area (Å²) in [5, 5.41) is 2.90. The van der Waals surface area contributed by atoms with E-state index in [0.29, 0.717) is 43.4 Å². The lowest BCUT2D eigenvalue weighted by atomic mass is 10.0. The number of fused-ring (bicyclic) bond motifs is 1. The summed E-state index contributed by atoms with van der Waals surface area (Å²) in [4.78, 5) is 30.2. The van der Waals surface area contributed by atoms with E-state index < -0.39 is 12.1 Å². The minimum Gasteiger partial charge on any atom is -0.485 e. The van der Waals surface area contributed by atoms with Crippen LogP contribution in [0, 0.1) is 5.82 Å². The molecule has 2 heterocycles. The molecule has 0 saturated carbocycles. The Morgan fingerprint density at radius 1 is 0.857 bits per heavy atom. The Morgan fingerprint density at radius 3 is 2.23 bits per heavy atom. The Bertz CT molecular complexity index is 1180. The van der Waals surface area contributed by atoms with E-state index in [9.17, 15) is 14.0 Å². The maximum Gasteiger partial charge on any atom is 0.267 e. The van der Waals surface area contributed by atoms with Gasteiger partial charge in [-0.1, -0.05) is 42.5 Å². The van der Waals surface area contributed by atoms with Gasteiger partial charge in [0.15, 0.2) is 11.5 Å². The number of para-hydroxylation sites is 2. The zero-order valence-electron chi connectivity index (χ0n) is 19.1. The van der Waals surface area contributed by atoms with Gasteiger partial charge < -0.3 is 19.7 Å². The van der Waals surface area contributed by atoms with Crippen molar-refractivity contribution >= 4 is 17.5 Å². The molecule has 0 spiro atoms. The van der Waals surface area contributed by atoms with Crippen LogP contribution in [0.5, 0.6) is 11.5 Å². The molecule has 2 aliphatic heterocycles. The highest BCUT2D eigenvalue weighted by molar-refractivity contribution is 5.95. The molecule has 180 valence electrons. The number of nitrogens with one attached hydrogen (secondary N) is 1. The van der Waals surface area contributed by atoms with E-state index in [4.69, 9.17) is 9.47 Å². The van der Waals surface area contributed by atoms with Crippen molar-refractivity contribution in [2.24, 2.45) is 0 Å². The number of halogens is 1. The lowest BCUT2D eigenvalue weighted by Gasteiger charge is -2.40. The van der Waals surface area contributed by atoms with Crippen molar-refractivity contribution in [3.63, 3.8) is 0 Å². The van der Waals surface area contributed by atoms with Gasteiger partial charge >= 0.3 is 0 Å². The zero-order chi connectivity index (χ0) is 24.2. The van der Waals surface area contributed by atoms with Crippen LogP contribution in [0.4, 0.5) is 10.1 Å². The fourth-order valence-corrected chi connectivity index (χ4v) is 4.45. The second-order valence-corrected chi connectivity index (χ2v) is 8.53. The van der Waals surface area contributed by atoms with Gasteiger partial charge in [0.05, 0.1) is 0 Å². The molecule has 2 atom stereocenters. The van der Waals surface area contributed by atoms with Gasteiger partial charge in [0.1, 0.15) is 18.5 Å². The Labute approximate surface area is 203 Å². The van der Waals surface area contributed by atoms with Crippen LogP contribution in [0.1, 0.15) is 11.6 Å². The van der Waals surface area contributed by atoms with E-state index in [2.05, 4.69) is 10.2 Å². The minimum atomic E-state index is -0.692. The number of hydrogen-bond donors (Lipinski definition) is 1. The Balaban J connectivity index is 1.25. The number of piperazine rings is 1. The number of anilines is 1. The van der Waals surface area contributed by atoms with Crippen LogP contribution in [0.3, 0.4) is 0 Å². The van der Waals surface area contributed by atoms with Crippen molar-refractivity contribution in [2.45, 2.75) is 12.1 Å². The van der Waals surface area contributed by atoms with E-state index in [1.807, 2.05) is 48.5 Å². The van der Waals surface area contributed by atoms with Gasteiger partial charge in [-0.2, -0.15) is 0 Å². The minimum absolute atomic E-state index is 0.119. The van der Waals surface area contributed by atoms with E-state index in [1.165, 1.54) is 24.3 Å².